The first-order valence-corrected chi connectivity index (χ1v) is 10.1. The number of halogens is 1. The molecule has 128 valence electrons. The van der Waals surface area contributed by atoms with Crippen LogP contribution in [0.2, 0.25) is 0 Å². The molecule has 0 aliphatic carbocycles. The minimum absolute atomic E-state index is 0.247. The fourth-order valence-corrected chi connectivity index (χ4v) is 4.30. The maximum atomic E-state index is 13.7. The van der Waals surface area contributed by atoms with Gasteiger partial charge in [0, 0.05) is 22.4 Å². The zero-order valence-corrected chi connectivity index (χ0v) is 15.1. The number of benzene rings is 1. The number of nitrogens with one attached hydrogen (secondary N) is 2. The summed E-state index contributed by atoms with van der Waals surface area (Å²) in [5, 5.41) is 6.78. The second-order valence-electron chi connectivity index (χ2n) is 5.79. The number of carbonyl (C=O) groups excluding carboxylic acids is 1. The minimum Gasteiger partial charge on any atom is -0.317 e. The third-order valence-electron chi connectivity index (χ3n) is 4.09. The number of nitrogens with zero attached hydrogens (tertiary/aromatic N) is 1. The molecule has 1 fully saturated rings. The topological polar surface area (TPSA) is 54.0 Å². The van der Waals surface area contributed by atoms with Crippen molar-refractivity contribution in [2.75, 3.05) is 24.7 Å². The Bertz CT molecular complexity index is 714. The average Bonchev–Trinajstić information content (AvgIpc) is 3.06. The molecule has 2 N–H and O–H groups in total. The number of piperidine rings is 1. The normalized spacial score (nSPS) is 15.4. The number of aromatic nitrogens is 1. The molecular weight excluding hydrogens is 345 g/mol. The van der Waals surface area contributed by atoms with E-state index in [1.165, 1.54) is 40.1 Å². The van der Waals surface area contributed by atoms with Gasteiger partial charge in [0.15, 0.2) is 5.13 Å². The Balaban J connectivity index is 1.68. The molecule has 0 saturated carbocycles. The fourth-order valence-electron chi connectivity index (χ4n) is 2.79. The first-order valence-electron chi connectivity index (χ1n) is 7.92. The monoisotopic (exact) mass is 365 g/mol. The molecule has 2 aromatic rings. The number of amides is 1. The second-order valence-corrected chi connectivity index (χ2v) is 7.71. The zero-order chi connectivity index (χ0) is 16.9. The van der Waals surface area contributed by atoms with Crippen LogP contribution in [0, 0.1) is 5.82 Å². The summed E-state index contributed by atoms with van der Waals surface area (Å²) >= 11 is 3.06. The molecule has 3 rings (SSSR count). The van der Waals surface area contributed by atoms with Crippen LogP contribution in [0.25, 0.3) is 0 Å². The van der Waals surface area contributed by atoms with Crippen molar-refractivity contribution in [1.82, 2.24) is 10.3 Å². The number of hydrogen-bond donors (Lipinski definition) is 2. The summed E-state index contributed by atoms with van der Waals surface area (Å²) in [6.07, 6.45) is 5.97. The van der Waals surface area contributed by atoms with Crippen molar-refractivity contribution in [3.63, 3.8) is 0 Å². The molecule has 4 nitrogen and oxygen atoms in total. The molecule has 0 unspecified atom stereocenters. The third-order valence-corrected chi connectivity index (χ3v) is 5.77. The van der Waals surface area contributed by atoms with Gasteiger partial charge in [-0.1, -0.05) is 0 Å². The molecule has 2 heterocycles. The Kier molecular flexibility index (Phi) is 5.86. The number of thioether (sulfide) groups is 1. The summed E-state index contributed by atoms with van der Waals surface area (Å²) in [5.41, 5.74) is 1.00. The van der Waals surface area contributed by atoms with E-state index in [9.17, 15) is 9.18 Å². The quantitative estimate of drug-likeness (QED) is 0.845. The maximum Gasteiger partial charge on any atom is 0.257 e. The Morgan fingerprint density at radius 1 is 1.46 bits per heavy atom. The minimum atomic E-state index is -0.275. The molecular formula is C17H20FN3OS2. The van der Waals surface area contributed by atoms with Crippen LogP contribution in [0.4, 0.5) is 9.52 Å². The molecule has 1 amide bonds. The van der Waals surface area contributed by atoms with Crippen molar-refractivity contribution in [2.24, 2.45) is 0 Å². The lowest BCUT2D eigenvalue weighted by Gasteiger charge is -2.20. The smallest absolute Gasteiger partial charge is 0.257 e. The summed E-state index contributed by atoms with van der Waals surface area (Å²) < 4.78 is 13.7. The molecule has 1 aromatic heterocycles. The second kappa shape index (κ2) is 8.09. The van der Waals surface area contributed by atoms with Gasteiger partial charge in [-0.3, -0.25) is 10.1 Å². The van der Waals surface area contributed by atoms with Gasteiger partial charge in [-0.15, -0.1) is 11.3 Å². The SMILES string of the molecule is CSCc1cc(C(=O)Nc2ncc(C3CCNCC3)s2)ccc1F. The van der Waals surface area contributed by atoms with Gasteiger partial charge < -0.3 is 5.32 Å². The van der Waals surface area contributed by atoms with Gasteiger partial charge >= 0.3 is 0 Å². The molecule has 0 spiro atoms. The van der Waals surface area contributed by atoms with E-state index in [0.717, 1.165) is 25.9 Å². The van der Waals surface area contributed by atoms with E-state index in [1.54, 1.807) is 6.07 Å². The van der Waals surface area contributed by atoms with Crippen molar-refractivity contribution < 1.29 is 9.18 Å². The predicted octanol–water partition coefficient (Wildman–Crippen LogP) is 3.86. The average molecular weight is 365 g/mol. The van der Waals surface area contributed by atoms with E-state index >= 15 is 0 Å². The van der Waals surface area contributed by atoms with Gasteiger partial charge in [0.05, 0.1) is 0 Å². The summed E-state index contributed by atoms with van der Waals surface area (Å²) in [5.74, 6) is 0.546. The third kappa shape index (κ3) is 4.15. The fraction of sp³-hybridized carbons (Fsp3) is 0.412. The highest BCUT2D eigenvalue weighted by Gasteiger charge is 2.19. The van der Waals surface area contributed by atoms with Crippen LogP contribution in [-0.2, 0) is 5.75 Å². The number of carbonyl (C=O) groups is 1. The van der Waals surface area contributed by atoms with E-state index in [2.05, 4.69) is 15.6 Å². The van der Waals surface area contributed by atoms with E-state index in [0.29, 0.717) is 27.9 Å². The lowest BCUT2D eigenvalue weighted by molar-refractivity contribution is 0.102. The van der Waals surface area contributed by atoms with Gasteiger partial charge in [-0.2, -0.15) is 11.8 Å². The van der Waals surface area contributed by atoms with Crippen LogP contribution >= 0.6 is 23.1 Å². The highest BCUT2D eigenvalue weighted by atomic mass is 32.2. The first kappa shape index (κ1) is 17.4. The van der Waals surface area contributed by atoms with Crippen LogP contribution in [-0.4, -0.2) is 30.2 Å². The van der Waals surface area contributed by atoms with Crippen LogP contribution in [0.5, 0.6) is 0 Å². The Hall–Kier alpha value is -1.44. The van der Waals surface area contributed by atoms with E-state index in [1.807, 2.05) is 12.5 Å². The maximum absolute atomic E-state index is 13.7. The first-order chi connectivity index (χ1) is 11.7. The summed E-state index contributed by atoms with van der Waals surface area (Å²) in [6, 6.07) is 4.47. The van der Waals surface area contributed by atoms with Crippen LogP contribution in [0.15, 0.2) is 24.4 Å². The van der Waals surface area contributed by atoms with E-state index in [-0.39, 0.29) is 11.7 Å². The molecule has 1 aliphatic heterocycles. The van der Waals surface area contributed by atoms with Gasteiger partial charge in [0.1, 0.15) is 5.82 Å². The number of thiazole rings is 1. The molecule has 24 heavy (non-hydrogen) atoms. The molecule has 0 radical (unpaired) electrons. The number of anilines is 1. The summed E-state index contributed by atoms with van der Waals surface area (Å²) in [6.45, 7) is 2.05. The Labute approximate surface area is 149 Å². The molecule has 7 heteroatoms. The summed E-state index contributed by atoms with van der Waals surface area (Å²) in [4.78, 5) is 17.9. The van der Waals surface area contributed by atoms with Crippen molar-refractivity contribution in [3.8, 4) is 0 Å². The van der Waals surface area contributed by atoms with Crippen molar-refractivity contribution in [3.05, 3.63) is 46.2 Å². The molecule has 1 saturated heterocycles. The highest BCUT2D eigenvalue weighted by molar-refractivity contribution is 7.97. The predicted molar refractivity (Wildman–Crippen MR) is 98.5 cm³/mol. The van der Waals surface area contributed by atoms with E-state index in [4.69, 9.17) is 0 Å². The number of hydrogen-bond acceptors (Lipinski definition) is 5. The Morgan fingerprint density at radius 3 is 3.00 bits per heavy atom. The molecule has 1 aliphatic rings. The lowest BCUT2D eigenvalue weighted by atomic mass is 9.97. The summed E-state index contributed by atoms with van der Waals surface area (Å²) in [7, 11) is 0. The van der Waals surface area contributed by atoms with Crippen molar-refractivity contribution in [2.45, 2.75) is 24.5 Å². The van der Waals surface area contributed by atoms with Gasteiger partial charge in [0.25, 0.3) is 5.91 Å². The Morgan fingerprint density at radius 2 is 2.25 bits per heavy atom. The van der Waals surface area contributed by atoms with Crippen molar-refractivity contribution >= 4 is 34.1 Å². The largest absolute Gasteiger partial charge is 0.317 e. The van der Waals surface area contributed by atoms with Crippen LogP contribution < -0.4 is 10.6 Å². The van der Waals surface area contributed by atoms with Gasteiger partial charge in [0.2, 0.25) is 0 Å². The molecule has 0 atom stereocenters. The lowest BCUT2D eigenvalue weighted by Crippen LogP contribution is -2.26. The molecule has 0 bridgehead atoms. The standard InChI is InChI=1S/C17H20FN3OS2/c1-23-10-13-8-12(2-3-14(13)18)16(22)21-17-20-9-15(24-17)11-4-6-19-7-5-11/h2-3,8-9,11,19H,4-7,10H2,1H3,(H,20,21,22). The van der Waals surface area contributed by atoms with E-state index < -0.39 is 0 Å². The van der Waals surface area contributed by atoms with Crippen LogP contribution in [0.1, 0.15) is 39.6 Å². The highest BCUT2D eigenvalue weighted by Crippen LogP contribution is 2.31. The van der Waals surface area contributed by atoms with Gasteiger partial charge in [-0.25, -0.2) is 9.37 Å². The van der Waals surface area contributed by atoms with Crippen molar-refractivity contribution in [1.29, 1.82) is 0 Å². The number of rotatable bonds is 5. The van der Waals surface area contributed by atoms with Gasteiger partial charge in [-0.05, 0) is 61.9 Å². The molecule has 1 aromatic carbocycles. The van der Waals surface area contributed by atoms with Crippen LogP contribution in [0.3, 0.4) is 0 Å². The zero-order valence-electron chi connectivity index (χ0n) is 13.5.